The molecule has 1 heterocycles. The highest BCUT2D eigenvalue weighted by atomic mass is 32.1. The third kappa shape index (κ3) is 3.24. The van der Waals surface area contributed by atoms with Crippen molar-refractivity contribution in [3.05, 3.63) is 51.7 Å². The van der Waals surface area contributed by atoms with E-state index in [4.69, 9.17) is 5.11 Å². The van der Waals surface area contributed by atoms with Gasteiger partial charge in [-0.1, -0.05) is 26.0 Å². The lowest BCUT2D eigenvalue weighted by atomic mass is 10.0. The van der Waals surface area contributed by atoms with Gasteiger partial charge in [-0.05, 0) is 35.7 Å². The molecular weight excluding hydrogens is 274 g/mol. The molecule has 0 unspecified atom stereocenters. The lowest BCUT2D eigenvalue weighted by Gasteiger charge is -2.08. The molecule has 104 valence electrons. The van der Waals surface area contributed by atoms with Crippen molar-refractivity contribution in [3.63, 3.8) is 0 Å². The first-order valence-electron chi connectivity index (χ1n) is 6.22. The second-order valence-corrected chi connectivity index (χ2v) is 5.79. The Bertz CT molecular complexity index is 646. The number of nitrogens with one attached hydrogen (secondary N) is 1. The van der Waals surface area contributed by atoms with Crippen molar-refractivity contribution < 1.29 is 14.7 Å². The van der Waals surface area contributed by atoms with Crippen molar-refractivity contribution in [3.8, 4) is 0 Å². The normalized spacial score (nSPS) is 10.6. The molecule has 0 radical (unpaired) electrons. The Morgan fingerprint density at radius 2 is 1.85 bits per heavy atom. The third-order valence-electron chi connectivity index (χ3n) is 2.85. The van der Waals surface area contributed by atoms with E-state index in [1.54, 1.807) is 0 Å². The van der Waals surface area contributed by atoms with E-state index in [0.29, 0.717) is 16.5 Å². The second-order valence-electron chi connectivity index (χ2n) is 4.70. The van der Waals surface area contributed by atoms with Crippen LogP contribution in [0, 0.1) is 0 Å². The summed E-state index contributed by atoms with van der Waals surface area (Å²) in [6.45, 7) is 4.17. The van der Waals surface area contributed by atoms with Crippen LogP contribution < -0.4 is 5.32 Å². The molecule has 1 aromatic carbocycles. The topological polar surface area (TPSA) is 66.4 Å². The molecule has 1 amide bonds. The average molecular weight is 289 g/mol. The van der Waals surface area contributed by atoms with Crippen molar-refractivity contribution in [1.29, 1.82) is 0 Å². The fraction of sp³-hybridized carbons (Fsp3) is 0.200. The van der Waals surface area contributed by atoms with Crippen LogP contribution in [0.15, 0.2) is 36.4 Å². The molecule has 2 aromatic rings. The average Bonchev–Trinajstić information content (AvgIpc) is 2.88. The summed E-state index contributed by atoms with van der Waals surface area (Å²) in [5.41, 5.74) is 1.85. The Hall–Kier alpha value is -2.14. The maximum absolute atomic E-state index is 12.0. The lowest BCUT2D eigenvalue weighted by molar-refractivity contribution is 0.0702. The lowest BCUT2D eigenvalue weighted by Crippen LogP contribution is -2.10. The van der Waals surface area contributed by atoms with E-state index in [1.807, 2.05) is 24.3 Å². The second kappa shape index (κ2) is 5.88. The molecule has 0 spiro atoms. The Morgan fingerprint density at radius 3 is 2.45 bits per heavy atom. The number of thiophene rings is 1. The minimum atomic E-state index is -1.02. The number of amides is 1. The van der Waals surface area contributed by atoms with Crippen molar-refractivity contribution in [2.45, 2.75) is 19.8 Å². The molecular formula is C15H15NO3S. The third-order valence-corrected chi connectivity index (χ3v) is 3.92. The molecule has 0 bridgehead atoms. The van der Waals surface area contributed by atoms with Gasteiger partial charge in [0.15, 0.2) is 0 Å². The van der Waals surface area contributed by atoms with Gasteiger partial charge in [-0.3, -0.25) is 4.79 Å². The number of carboxylic acids is 1. The van der Waals surface area contributed by atoms with E-state index in [2.05, 4.69) is 19.2 Å². The van der Waals surface area contributed by atoms with Gasteiger partial charge in [0.05, 0.1) is 4.88 Å². The van der Waals surface area contributed by atoms with Crippen LogP contribution in [-0.4, -0.2) is 17.0 Å². The molecule has 5 heteroatoms. The summed E-state index contributed by atoms with van der Waals surface area (Å²) in [6, 6.07) is 10.6. The van der Waals surface area contributed by atoms with Gasteiger partial charge < -0.3 is 10.4 Å². The first-order chi connectivity index (χ1) is 9.47. The molecule has 2 rings (SSSR count). The summed E-state index contributed by atoms with van der Waals surface area (Å²) in [5.74, 6) is -0.925. The molecule has 0 saturated carbocycles. The number of hydrogen-bond donors (Lipinski definition) is 2. The van der Waals surface area contributed by atoms with Crippen LogP contribution in [0.3, 0.4) is 0 Å². The number of carbonyl (C=O) groups is 2. The van der Waals surface area contributed by atoms with Gasteiger partial charge in [0.1, 0.15) is 4.88 Å². The molecule has 0 fully saturated rings. The highest BCUT2D eigenvalue weighted by Crippen LogP contribution is 2.21. The van der Waals surface area contributed by atoms with Crippen LogP contribution in [0.1, 0.15) is 44.7 Å². The number of carbonyl (C=O) groups excluding carboxylic acids is 1. The molecule has 0 aliphatic carbocycles. The Morgan fingerprint density at radius 1 is 1.15 bits per heavy atom. The Kier molecular flexibility index (Phi) is 4.20. The standard InChI is InChI=1S/C15H15NO3S/c1-9(2)10-4-3-5-11(8-10)16-14(17)12-6-7-13(20-12)15(18)19/h3-9H,1-2H3,(H,16,17)(H,18,19). The van der Waals surface area contributed by atoms with Gasteiger partial charge in [0.2, 0.25) is 0 Å². The van der Waals surface area contributed by atoms with Gasteiger partial charge in [0.25, 0.3) is 5.91 Å². The summed E-state index contributed by atoms with van der Waals surface area (Å²) in [7, 11) is 0. The van der Waals surface area contributed by atoms with Gasteiger partial charge in [-0.2, -0.15) is 0 Å². The van der Waals surface area contributed by atoms with E-state index < -0.39 is 5.97 Å². The maximum Gasteiger partial charge on any atom is 0.345 e. The minimum absolute atomic E-state index is 0.158. The van der Waals surface area contributed by atoms with E-state index in [-0.39, 0.29) is 10.8 Å². The number of carboxylic acid groups (broad SMARTS) is 1. The van der Waals surface area contributed by atoms with Crippen LogP contribution in [0.2, 0.25) is 0 Å². The molecule has 4 nitrogen and oxygen atoms in total. The molecule has 0 aliphatic heterocycles. The monoisotopic (exact) mass is 289 g/mol. The molecule has 2 N–H and O–H groups in total. The number of hydrogen-bond acceptors (Lipinski definition) is 3. The number of benzene rings is 1. The largest absolute Gasteiger partial charge is 0.477 e. The van der Waals surface area contributed by atoms with E-state index in [1.165, 1.54) is 12.1 Å². The first-order valence-corrected chi connectivity index (χ1v) is 7.03. The van der Waals surface area contributed by atoms with Crippen LogP contribution in [-0.2, 0) is 0 Å². The number of rotatable bonds is 4. The summed E-state index contributed by atoms with van der Waals surface area (Å²) >= 11 is 0.967. The SMILES string of the molecule is CC(C)c1cccc(NC(=O)c2ccc(C(=O)O)s2)c1. The predicted octanol–water partition coefficient (Wildman–Crippen LogP) is 3.82. The highest BCUT2D eigenvalue weighted by molar-refractivity contribution is 7.15. The molecule has 0 aliphatic rings. The van der Waals surface area contributed by atoms with E-state index in [9.17, 15) is 9.59 Å². The maximum atomic E-state index is 12.0. The zero-order valence-electron chi connectivity index (χ0n) is 11.2. The van der Waals surface area contributed by atoms with Gasteiger partial charge >= 0.3 is 5.97 Å². The first kappa shape index (κ1) is 14.3. The van der Waals surface area contributed by atoms with Crippen molar-refractivity contribution in [2.24, 2.45) is 0 Å². The smallest absolute Gasteiger partial charge is 0.345 e. The van der Waals surface area contributed by atoms with E-state index in [0.717, 1.165) is 16.9 Å². The van der Waals surface area contributed by atoms with Crippen molar-refractivity contribution in [2.75, 3.05) is 5.32 Å². The Labute approximate surface area is 121 Å². The van der Waals surface area contributed by atoms with Crippen LogP contribution in [0.25, 0.3) is 0 Å². The van der Waals surface area contributed by atoms with Gasteiger partial charge in [-0.25, -0.2) is 4.79 Å². The van der Waals surface area contributed by atoms with Crippen LogP contribution in [0.5, 0.6) is 0 Å². The summed E-state index contributed by atoms with van der Waals surface area (Å²) < 4.78 is 0. The fourth-order valence-electron chi connectivity index (χ4n) is 1.74. The summed E-state index contributed by atoms with van der Waals surface area (Å²) in [6.07, 6.45) is 0. The minimum Gasteiger partial charge on any atom is -0.477 e. The zero-order valence-corrected chi connectivity index (χ0v) is 12.0. The quantitative estimate of drug-likeness (QED) is 0.899. The molecule has 0 atom stereocenters. The highest BCUT2D eigenvalue weighted by Gasteiger charge is 2.13. The molecule has 1 aromatic heterocycles. The summed E-state index contributed by atoms with van der Waals surface area (Å²) in [5, 5.41) is 11.6. The van der Waals surface area contributed by atoms with E-state index >= 15 is 0 Å². The zero-order chi connectivity index (χ0) is 14.7. The van der Waals surface area contributed by atoms with Crippen molar-refractivity contribution in [1.82, 2.24) is 0 Å². The van der Waals surface area contributed by atoms with Gasteiger partial charge in [-0.15, -0.1) is 11.3 Å². The van der Waals surface area contributed by atoms with Crippen LogP contribution >= 0.6 is 11.3 Å². The van der Waals surface area contributed by atoms with Crippen LogP contribution in [0.4, 0.5) is 5.69 Å². The fourth-order valence-corrected chi connectivity index (χ4v) is 2.48. The van der Waals surface area contributed by atoms with Gasteiger partial charge in [0, 0.05) is 5.69 Å². The Balaban J connectivity index is 2.14. The number of anilines is 1. The number of aromatic carboxylic acids is 1. The predicted molar refractivity (Wildman–Crippen MR) is 79.8 cm³/mol. The molecule has 0 saturated heterocycles. The summed E-state index contributed by atoms with van der Waals surface area (Å²) in [4.78, 5) is 23.4. The van der Waals surface area contributed by atoms with Crippen molar-refractivity contribution >= 4 is 28.9 Å². The molecule has 20 heavy (non-hydrogen) atoms.